The third-order valence-electron chi connectivity index (χ3n) is 9.35. The van der Waals surface area contributed by atoms with Crippen LogP contribution in [0.15, 0.2) is 42.7 Å². The van der Waals surface area contributed by atoms with Gasteiger partial charge in [0.1, 0.15) is 29.3 Å². The highest BCUT2D eigenvalue weighted by molar-refractivity contribution is 5.86. The van der Waals surface area contributed by atoms with Crippen LogP contribution in [-0.4, -0.2) is 92.0 Å². The van der Waals surface area contributed by atoms with Crippen molar-refractivity contribution in [1.82, 2.24) is 40.0 Å². The summed E-state index contributed by atoms with van der Waals surface area (Å²) in [6, 6.07) is 8.47. The molecule has 14 heteroatoms. The first kappa shape index (κ1) is 32.9. The Morgan fingerprint density at radius 1 is 0.938 bits per heavy atom. The molecule has 0 saturated carbocycles. The normalized spacial score (nSPS) is 19.1. The zero-order valence-electron chi connectivity index (χ0n) is 28.1. The molecule has 2 aliphatic rings. The van der Waals surface area contributed by atoms with Gasteiger partial charge in [-0.2, -0.15) is 0 Å². The van der Waals surface area contributed by atoms with E-state index < -0.39 is 18.2 Å². The van der Waals surface area contributed by atoms with Crippen LogP contribution >= 0.6 is 0 Å². The quantitative estimate of drug-likeness (QED) is 0.206. The molecule has 5 N–H and O–H groups in total. The van der Waals surface area contributed by atoms with Crippen molar-refractivity contribution in [3.63, 3.8) is 0 Å². The second kappa shape index (κ2) is 13.6. The van der Waals surface area contributed by atoms with Gasteiger partial charge in [-0.3, -0.25) is 9.59 Å². The van der Waals surface area contributed by atoms with Gasteiger partial charge in [0.15, 0.2) is 0 Å². The molecule has 2 fully saturated rings. The number of methoxy groups -OCH3 is 1. The third-order valence-corrected chi connectivity index (χ3v) is 9.35. The number of carbonyl (C=O) groups is 3. The van der Waals surface area contributed by atoms with Crippen LogP contribution < -0.4 is 16.0 Å². The smallest absolute Gasteiger partial charge is 0.407 e. The molecule has 1 aromatic carbocycles. The van der Waals surface area contributed by atoms with E-state index in [1.54, 1.807) is 18.0 Å². The molecule has 4 unspecified atom stereocenters. The maximum atomic E-state index is 13.5. The first-order chi connectivity index (χ1) is 23.0. The molecule has 6 rings (SSSR count). The predicted octanol–water partition coefficient (Wildman–Crippen LogP) is 4.17. The van der Waals surface area contributed by atoms with Gasteiger partial charge in [-0.05, 0) is 68.4 Å². The molecule has 0 aliphatic carbocycles. The van der Waals surface area contributed by atoms with E-state index in [1.807, 2.05) is 61.2 Å². The van der Waals surface area contributed by atoms with E-state index in [9.17, 15) is 14.4 Å². The van der Waals surface area contributed by atoms with Crippen molar-refractivity contribution in [1.29, 1.82) is 0 Å². The molecule has 2 saturated heterocycles. The van der Waals surface area contributed by atoms with Crippen molar-refractivity contribution < 1.29 is 19.1 Å². The van der Waals surface area contributed by atoms with Crippen LogP contribution in [0.3, 0.4) is 0 Å². The standard InChI is InChI=1S/C34H44N10O4/c1-19(2)29(41-34(47)48-5)33(46)44-15-6-8-25(44)30-37-18-28(40-30)42(4)27-13-11-22(17-36-27)21-10-12-23-24(16-21)39-31(38-23)26-9-7-14-43(26)32(45)20(3)35/h10-13,16-20,25-26,29H,6-9,14-15,35H2,1-5H3,(H,37,40)(H,38,39)(H,41,47). The average molecular weight is 657 g/mol. The van der Waals surface area contributed by atoms with E-state index in [0.717, 1.165) is 65.3 Å². The Morgan fingerprint density at radius 2 is 1.62 bits per heavy atom. The first-order valence-corrected chi connectivity index (χ1v) is 16.5. The SMILES string of the molecule is COC(=O)NC(C(=O)N1CCCC1c1ncc(N(C)c2ccc(-c3ccc4nc(C5CCCN5C(=O)C(C)N)[nH]c4c3)cn2)[nH]1)C(C)C. The van der Waals surface area contributed by atoms with E-state index >= 15 is 0 Å². The number of ether oxygens (including phenoxy) is 1. The number of anilines is 2. The molecule has 3 aromatic heterocycles. The summed E-state index contributed by atoms with van der Waals surface area (Å²) in [6.07, 6.45) is 6.33. The molecule has 3 amide bonds. The third kappa shape index (κ3) is 6.44. The average Bonchev–Trinajstić information content (AvgIpc) is 3.91. The minimum absolute atomic E-state index is 0.0541. The fourth-order valence-electron chi connectivity index (χ4n) is 6.68. The van der Waals surface area contributed by atoms with Crippen molar-refractivity contribution in [3.8, 4) is 11.1 Å². The molecule has 4 atom stereocenters. The number of rotatable bonds is 9. The van der Waals surface area contributed by atoms with Crippen molar-refractivity contribution >= 4 is 40.6 Å². The molecule has 5 heterocycles. The van der Waals surface area contributed by atoms with Crippen molar-refractivity contribution in [2.24, 2.45) is 11.7 Å². The summed E-state index contributed by atoms with van der Waals surface area (Å²) in [5.41, 5.74) is 9.57. The van der Waals surface area contributed by atoms with Gasteiger partial charge in [-0.25, -0.2) is 19.7 Å². The molecule has 4 aromatic rings. The predicted molar refractivity (Wildman–Crippen MR) is 181 cm³/mol. The molecule has 254 valence electrons. The van der Waals surface area contributed by atoms with Crippen LogP contribution in [0.4, 0.5) is 16.4 Å². The molecule has 14 nitrogen and oxygen atoms in total. The molecule has 0 radical (unpaired) electrons. The number of likely N-dealkylation sites (tertiary alicyclic amines) is 2. The van der Waals surface area contributed by atoms with Crippen molar-refractivity contribution in [2.75, 3.05) is 32.1 Å². The number of aromatic amines is 2. The molecule has 48 heavy (non-hydrogen) atoms. The first-order valence-electron chi connectivity index (χ1n) is 16.5. The van der Waals surface area contributed by atoms with E-state index in [-0.39, 0.29) is 29.8 Å². The summed E-state index contributed by atoms with van der Waals surface area (Å²) in [4.78, 5) is 64.6. The fraction of sp³-hybridized carbons (Fsp3) is 0.471. The Balaban J connectivity index is 1.15. The zero-order chi connectivity index (χ0) is 34.1. The molecule has 2 aliphatic heterocycles. The molecular weight excluding hydrogens is 612 g/mol. The number of H-pyrrole nitrogens is 2. The van der Waals surface area contributed by atoms with E-state index in [4.69, 9.17) is 20.4 Å². The van der Waals surface area contributed by atoms with E-state index in [2.05, 4.69) is 26.3 Å². The van der Waals surface area contributed by atoms with Crippen LogP contribution in [0.1, 0.15) is 70.2 Å². The maximum absolute atomic E-state index is 13.5. The number of alkyl carbamates (subject to hydrolysis) is 1. The Morgan fingerprint density at radius 3 is 2.27 bits per heavy atom. The van der Waals surface area contributed by atoms with E-state index in [1.165, 1.54) is 7.11 Å². The Labute approximate surface area is 279 Å². The molecular formula is C34H44N10O4. The lowest BCUT2D eigenvalue weighted by molar-refractivity contribution is -0.135. The highest BCUT2D eigenvalue weighted by Gasteiger charge is 2.38. The number of nitrogens with zero attached hydrogens (tertiary/aromatic N) is 6. The van der Waals surface area contributed by atoms with Gasteiger partial charge in [-0.15, -0.1) is 0 Å². The Bertz CT molecular complexity index is 1780. The number of benzene rings is 1. The van der Waals surface area contributed by atoms with Gasteiger partial charge in [0.2, 0.25) is 11.8 Å². The topological polar surface area (TPSA) is 178 Å². The number of fused-ring (bicyclic) bond motifs is 1. The second-order valence-electron chi connectivity index (χ2n) is 13.0. The van der Waals surface area contributed by atoms with Crippen LogP contribution in [-0.2, 0) is 14.3 Å². The number of nitrogens with one attached hydrogen (secondary N) is 3. The van der Waals surface area contributed by atoms with Crippen LogP contribution in [0, 0.1) is 5.92 Å². The van der Waals surface area contributed by atoms with Gasteiger partial charge >= 0.3 is 6.09 Å². The molecule has 0 bridgehead atoms. The zero-order valence-corrected chi connectivity index (χ0v) is 28.1. The second-order valence-corrected chi connectivity index (χ2v) is 13.0. The molecule has 0 spiro atoms. The fourth-order valence-corrected chi connectivity index (χ4v) is 6.68. The number of nitrogens with two attached hydrogens (primary N) is 1. The number of aromatic nitrogens is 5. The number of hydrogen-bond donors (Lipinski definition) is 4. The van der Waals surface area contributed by atoms with Crippen molar-refractivity contribution in [3.05, 3.63) is 54.4 Å². The minimum Gasteiger partial charge on any atom is -0.453 e. The minimum atomic E-state index is -0.692. The number of imidazole rings is 2. The van der Waals surface area contributed by atoms with Crippen LogP contribution in [0.5, 0.6) is 0 Å². The van der Waals surface area contributed by atoms with Gasteiger partial charge in [0.25, 0.3) is 0 Å². The van der Waals surface area contributed by atoms with Gasteiger partial charge < -0.3 is 40.5 Å². The lowest BCUT2D eigenvalue weighted by Gasteiger charge is -2.30. The van der Waals surface area contributed by atoms with Crippen LogP contribution in [0.2, 0.25) is 0 Å². The highest BCUT2D eigenvalue weighted by Crippen LogP contribution is 2.35. The van der Waals surface area contributed by atoms with Crippen molar-refractivity contribution in [2.45, 2.75) is 70.6 Å². The lowest BCUT2D eigenvalue weighted by atomic mass is 10.0. The highest BCUT2D eigenvalue weighted by atomic mass is 16.5. The summed E-state index contributed by atoms with van der Waals surface area (Å²) >= 11 is 0. The van der Waals surface area contributed by atoms with Gasteiger partial charge in [0, 0.05) is 31.9 Å². The number of amides is 3. The summed E-state index contributed by atoms with van der Waals surface area (Å²) < 4.78 is 4.74. The summed E-state index contributed by atoms with van der Waals surface area (Å²) in [7, 11) is 3.20. The van der Waals surface area contributed by atoms with Crippen LogP contribution in [0.25, 0.3) is 22.2 Å². The summed E-state index contributed by atoms with van der Waals surface area (Å²) in [5.74, 6) is 2.63. The number of hydrogen-bond acceptors (Lipinski definition) is 9. The largest absolute Gasteiger partial charge is 0.453 e. The van der Waals surface area contributed by atoms with Gasteiger partial charge in [-0.1, -0.05) is 19.9 Å². The number of pyridine rings is 1. The summed E-state index contributed by atoms with van der Waals surface area (Å²) in [5, 5.41) is 2.68. The van der Waals surface area contributed by atoms with Gasteiger partial charge in [0.05, 0.1) is 42.5 Å². The lowest BCUT2D eigenvalue weighted by Crippen LogP contribution is -2.51. The Kier molecular flexibility index (Phi) is 9.35. The monoisotopic (exact) mass is 656 g/mol. The maximum Gasteiger partial charge on any atom is 0.407 e. The van der Waals surface area contributed by atoms with E-state index in [0.29, 0.717) is 18.9 Å². The Hall–Kier alpha value is -4.98. The number of carbonyl (C=O) groups excluding carboxylic acids is 3. The summed E-state index contributed by atoms with van der Waals surface area (Å²) in [6.45, 7) is 6.78.